The number of nitrogens with zero attached hydrogens (tertiary/aromatic N) is 4. The van der Waals surface area contributed by atoms with Crippen LogP contribution in [0.25, 0.3) is 0 Å². The Morgan fingerprint density at radius 3 is 2.56 bits per heavy atom. The van der Waals surface area contributed by atoms with Crippen LogP contribution in [0.5, 0.6) is 0 Å². The Morgan fingerprint density at radius 1 is 1.17 bits per heavy atom. The summed E-state index contributed by atoms with van der Waals surface area (Å²) in [5.41, 5.74) is 0. The van der Waals surface area contributed by atoms with Crippen LogP contribution in [0, 0.1) is 0 Å². The largest absolute Gasteiger partial charge is 0.447 e. The molecule has 2 aliphatic heterocycles. The molecule has 7 nitrogen and oxygen atoms in total. The lowest BCUT2D eigenvalue weighted by molar-refractivity contribution is 0.181. The molecule has 1 aromatic heterocycles. The van der Waals surface area contributed by atoms with Gasteiger partial charge in [-0.15, -0.1) is 12.4 Å². The molecule has 0 atom stereocenters. The summed E-state index contributed by atoms with van der Waals surface area (Å²) >= 11 is 1.14. The van der Waals surface area contributed by atoms with Crippen molar-refractivity contribution in [3.63, 3.8) is 0 Å². The summed E-state index contributed by atoms with van der Waals surface area (Å²) in [5.74, 6) is 1.44. The zero-order valence-electron chi connectivity index (χ0n) is 9.66. The number of carbonyl (C=O) groups excluding carboxylic acids is 1. The van der Waals surface area contributed by atoms with E-state index in [1.54, 1.807) is 4.90 Å². The molecule has 0 aromatic carbocycles. The normalized spacial score (nSPS) is 19.7. The molecule has 2 aliphatic rings. The third-order valence-corrected chi connectivity index (χ3v) is 3.40. The topological polar surface area (TPSA) is 70.6 Å². The summed E-state index contributed by atoms with van der Waals surface area (Å²) in [7, 11) is 0. The SMILES string of the molecule is Cl.O=C1OCCN1c1nsnc1N1CCNCC1. The molecule has 0 unspecified atom stereocenters. The zero-order valence-corrected chi connectivity index (χ0v) is 11.3. The lowest BCUT2D eigenvalue weighted by Gasteiger charge is -2.28. The first kappa shape index (κ1) is 13.3. The number of carbonyl (C=O) groups is 1. The average Bonchev–Trinajstić information content (AvgIpc) is 2.98. The number of cyclic esters (lactones) is 1. The molecule has 1 amide bonds. The highest BCUT2D eigenvalue weighted by Gasteiger charge is 2.30. The maximum atomic E-state index is 11.5. The Morgan fingerprint density at radius 2 is 1.89 bits per heavy atom. The van der Waals surface area contributed by atoms with E-state index in [4.69, 9.17) is 4.74 Å². The first-order valence-corrected chi connectivity index (χ1v) is 6.32. The standard InChI is InChI=1S/C9H13N5O2S.ClH/c15-9-14(5-6-16-9)8-7(11-17-12-8)13-3-1-10-2-4-13;/h10H,1-6H2;1H. The molecule has 2 saturated heterocycles. The average molecular weight is 292 g/mol. The summed E-state index contributed by atoms with van der Waals surface area (Å²) in [6.07, 6.45) is -0.325. The van der Waals surface area contributed by atoms with E-state index in [1.165, 1.54) is 0 Å². The highest BCUT2D eigenvalue weighted by atomic mass is 35.5. The van der Waals surface area contributed by atoms with Crippen LogP contribution < -0.4 is 15.1 Å². The minimum Gasteiger partial charge on any atom is -0.447 e. The summed E-state index contributed by atoms with van der Waals surface area (Å²) in [6, 6.07) is 0. The van der Waals surface area contributed by atoms with Gasteiger partial charge < -0.3 is 15.0 Å². The highest BCUT2D eigenvalue weighted by molar-refractivity contribution is 6.99. The molecule has 2 fully saturated rings. The fraction of sp³-hybridized carbons (Fsp3) is 0.667. The summed E-state index contributed by atoms with van der Waals surface area (Å²) in [4.78, 5) is 15.2. The van der Waals surface area contributed by atoms with Gasteiger partial charge in [-0.1, -0.05) is 0 Å². The fourth-order valence-electron chi connectivity index (χ4n) is 2.01. The van der Waals surface area contributed by atoms with Crippen molar-refractivity contribution in [2.75, 3.05) is 49.1 Å². The molecule has 0 spiro atoms. The van der Waals surface area contributed by atoms with Crippen molar-refractivity contribution >= 4 is 41.9 Å². The van der Waals surface area contributed by atoms with Crippen molar-refractivity contribution < 1.29 is 9.53 Å². The Kier molecular flexibility index (Phi) is 4.20. The van der Waals surface area contributed by atoms with Gasteiger partial charge in [0.15, 0.2) is 11.6 Å². The van der Waals surface area contributed by atoms with Crippen LogP contribution in [0.2, 0.25) is 0 Å². The number of rotatable bonds is 2. The van der Waals surface area contributed by atoms with E-state index in [-0.39, 0.29) is 18.5 Å². The first-order chi connectivity index (χ1) is 8.36. The van der Waals surface area contributed by atoms with E-state index in [2.05, 4.69) is 19.0 Å². The molecule has 1 aromatic rings. The number of nitrogens with one attached hydrogen (secondary N) is 1. The molecule has 0 radical (unpaired) electrons. The van der Waals surface area contributed by atoms with E-state index in [1.807, 2.05) is 0 Å². The highest BCUT2D eigenvalue weighted by Crippen LogP contribution is 2.29. The molecule has 1 N–H and O–H groups in total. The number of hydrogen-bond acceptors (Lipinski definition) is 7. The molecule has 3 heterocycles. The van der Waals surface area contributed by atoms with Crippen LogP contribution in [-0.2, 0) is 4.74 Å². The number of ether oxygens (including phenoxy) is 1. The van der Waals surface area contributed by atoms with Gasteiger partial charge in [0.25, 0.3) is 0 Å². The summed E-state index contributed by atoms with van der Waals surface area (Å²) < 4.78 is 13.4. The quantitative estimate of drug-likeness (QED) is 0.846. The van der Waals surface area contributed by atoms with E-state index >= 15 is 0 Å². The van der Waals surface area contributed by atoms with Gasteiger partial charge in [-0.05, 0) is 0 Å². The van der Waals surface area contributed by atoms with E-state index in [9.17, 15) is 4.79 Å². The van der Waals surface area contributed by atoms with Crippen molar-refractivity contribution in [3.8, 4) is 0 Å². The van der Waals surface area contributed by atoms with Crippen molar-refractivity contribution in [1.29, 1.82) is 0 Å². The van der Waals surface area contributed by atoms with E-state index in [0.29, 0.717) is 19.0 Å². The monoisotopic (exact) mass is 291 g/mol. The van der Waals surface area contributed by atoms with Crippen LogP contribution in [-0.4, -0.2) is 54.2 Å². The van der Waals surface area contributed by atoms with Crippen LogP contribution in [0.1, 0.15) is 0 Å². The zero-order chi connectivity index (χ0) is 11.7. The number of amides is 1. The van der Waals surface area contributed by atoms with Gasteiger partial charge in [0.05, 0.1) is 18.3 Å². The minimum absolute atomic E-state index is 0. The van der Waals surface area contributed by atoms with Gasteiger partial charge in [-0.3, -0.25) is 4.90 Å². The second-order valence-electron chi connectivity index (χ2n) is 3.91. The molecule has 0 aliphatic carbocycles. The molecule has 100 valence electrons. The van der Waals surface area contributed by atoms with Crippen LogP contribution in [0.3, 0.4) is 0 Å². The maximum Gasteiger partial charge on any atom is 0.415 e. The van der Waals surface area contributed by atoms with Crippen LogP contribution >= 0.6 is 24.1 Å². The van der Waals surface area contributed by atoms with Crippen molar-refractivity contribution in [2.45, 2.75) is 0 Å². The molecule has 18 heavy (non-hydrogen) atoms. The molecular weight excluding hydrogens is 278 g/mol. The van der Waals surface area contributed by atoms with Crippen LogP contribution in [0.4, 0.5) is 16.4 Å². The van der Waals surface area contributed by atoms with E-state index < -0.39 is 0 Å². The molecule has 0 bridgehead atoms. The van der Waals surface area contributed by atoms with Gasteiger partial charge in [-0.25, -0.2) is 4.79 Å². The predicted octanol–water partition coefficient (Wildman–Crippen LogP) is 0.326. The fourth-order valence-corrected chi connectivity index (χ4v) is 2.58. The van der Waals surface area contributed by atoms with Gasteiger partial charge in [0.2, 0.25) is 0 Å². The van der Waals surface area contributed by atoms with Crippen molar-refractivity contribution in [2.24, 2.45) is 0 Å². The number of piperazine rings is 1. The molecular formula is C9H14ClN5O2S. The Labute approximate surface area is 115 Å². The number of aromatic nitrogens is 2. The molecule has 3 rings (SSSR count). The van der Waals surface area contributed by atoms with Crippen molar-refractivity contribution in [1.82, 2.24) is 14.1 Å². The van der Waals surface area contributed by atoms with Gasteiger partial charge >= 0.3 is 6.09 Å². The maximum absolute atomic E-state index is 11.5. The third-order valence-electron chi connectivity index (χ3n) is 2.89. The Bertz CT molecular complexity index is 423. The Hall–Kier alpha value is -1.12. The second-order valence-corrected chi connectivity index (χ2v) is 4.44. The van der Waals surface area contributed by atoms with Gasteiger partial charge in [0.1, 0.15) is 6.61 Å². The van der Waals surface area contributed by atoms with Gasteiger partial charge in [0, 0.05) is 26.2 Å². The summed E-state index contributed by atoms with van der Waals surface area (Å²) in [5, 5.41) is 3.28. The van der Waals surface area contributed by atoms with Crippen LogP contribution in [0.15, 0.2) is 0 Å². The number of halogens is 1. The molecule has 0 saturated carbocycles. The lowest BCUT2D eigenvalue weighted by Crippen LogP contribution is -2.44. The minimum atomic E-state index is -0.325. The third kappa shape index (κ3) is 2.36. The summed E-state index contributed by atoms with van der Waals surface area (Å²) in [6.45, 7) is 4.63. The Balaban J connectivity index is 0.00000120. The molecule has 9 heteroatoms. The predicted molar refractivity (Wildman–Crippen MR) is 70.9 cm³/mol. The van der Waals surface area contributed by atoms with Crippen molar-refractivity contribution in [3.05, 3.63) is 0 Å². The van der Waals surface area contributed by atoms with E-state index in [0.717, 1.165) is 43.7 Å². The smallest absolute Gasteiger partial charge is 0.415 e. The lowest BCUT2D eigenvalue weighted by atomic mass is 10.3. The number of anilines is 2. The second kappa shape index (κ2) is 5.68. The first-order valence-electron chi connectivity index (χ1n) is 5.59. The number of hydrogen-bond donors (Lipinski definition) is 1. The van der Waals surface area contributed by atoms with Gasteiger partial charge in [-0.2, -0.15) is 8.75 Å².